The van der Waals surface area contributed by atoms with Crippen LogP contribution >= 0.6 is 11.8 Å². The van der Waals surface area contributed by atoms with Crippen molar-refractivity contribution in [3.63, 3.8) is 0 Å². The molecule has 1 saturated heterocycles. The van der Waals surface area contributed by atoms with Gasteiger partial charge in [-0.25, -0.2) is 0 Å². The van der Waals surface area contributed by atoms with E-state index < -0.39 is 0 Å². The zero-order valence-corrected chi connectivity index (χ0v) is 12.8. The van der Waals surface area contributed by atoms with Gasteiger partial charge < -0.3 is 10.2 Å². The Bertz CT molecular complexity index is 485. The fourth-order valence-corrected chi connectivity index (χ4v) is 4.20. The van der Waals surface area contributed by atoms with E-state index in [1.807, 2.05) is 6.07 Å². The summed E-state index contributed by atoms with van der Waals surface area (Å²) in [6.07, 6.45) is 3.26. The lowest BCUT2D eigenvalue weighted by Crippen LogP contribution is -2.45. The topological polar surface area (TPSA) is 32.3 Å². The van der Waals surface area contributed by atoms with Crippen LogP contribution < -0.4 is 10.2 Å². The van der Waals surface area contributed by atoms with Crippen molar-refractivity contribution in [2.75, 3.05) is 24.5 Å². The van der Waals surface area contributed by atoms with E-state index >= 15 is 0 Å². The highest BCUT2D eigenvalue weighted by Gasteiger charge is 2.33. The second-order valence-electron chi connectivity index (χ2n) is 5.62. The predicted molar refractivity (Wildman–Crippen MR) is 84.3 cm³/mol. The number of thioether (sulfide) groups is 1. The van der Waals surface area contributed by atoms with Crippen molar-refractivity contribution in [1.82, 2.24) is 5.32 Å². The molecule has 1 aromatic rings. The van der Waals surface area contributed by atoms with E-state index in [2.05, 4.69) is 35.3 Å². The molecule has 1 amide bonds. The summed E-state index contributed by atoms with van der Waals surface area (Å²) in [6.45, 7) is 5.15. The second kappa shape index (κ2) is 6.19. The van der Waals surface area contributed by atoms with Crippen molar-refractivity contribution in [2.45, 2.75) is 36.3 Å². The van der Waals surface area contributed by atoms with Crippen molar-refractivity contribution in [1.29, 1.82) is 0 Å². The highest BCUT2D eigenvalue weighted by atomic mass is 32.2. The lowest BCUT2D eigenvalue weighted by atomic mass is 9.97. The van der Waals surface area contributed by atoms with Crippen molar-refractivity contribution in [3.05, 3.63) is 24.3 Å². The lowest BCUT2D eigenvalue weighted by molar-refractivity contribution is -0.118. The zero-order valence-electron chi connectivity index (χ0n) is 12.0. The van der Waals surface area contributed by atoms with Crippen molar-refractivity contribution in [3.8, 4) is 0 Å². The first-order valence-corrected chi connectivity index (χ1v) is 8.45. The lowest BCUT2D eigenvalue weighted by Gasteiger charge is -2.36. The van der Waals surface area contributed by atoms with E-state index in [1.165, 1.54) is 17.7 Å². The number of hydrogen-bond donors (Lipinski definition) is 1. The summed E-state index contributed by atoms with van der Waals surface area (Å²) >= 11 is 1.73. The average molecular weight is 290 g/mol. The third kappa shape index (κ3) is 2.72. The highest BCUT2D eigenvalue weighted by molar-refractivity contribution is 8.01. The van der Waals surface area contributed by atoms with E-state index in [4.69, 9.17) is 0 Å². The number of fused-ring (bicyclic) bond motifs is 1. The van der Waals surface area contributed by atoms with Crippen LogP contribution in [-0.4, -0.2) is 30.8 Å². The van der Waals surface area contributed by atoms with E-state index in [0.29, 0.717) is 11.8 Å². The molecule has 1 fully saturated rings. The molecule has 3 nitrogen and oxygen atoms in total. The first-order valence-electron chi connectivity index (χ1n) is 7.57. The summed E-state index contributed by atoms with van der Waals surface area (Å²) in [5, 5.41) is 3.48. The molecule has 108 valence electrons. The number of amides is 1. The number of carbonyl (C=O) groups excluding carboxylic acids is 1. The van der Waals surface area contributed by atoms with Crippen LogP contribution in [0.25, 0.3) is 0 Å². The van der Waals surface area contributed by atoms with Crippen LogP contribution in [0.1, 0.15) is 26.2 Å². The van der Waals surface area contributed by atoms with Crippen LogP contribution in [0.3, 0.4) is 0 Å². The molecular formula is C16H22N2OS. The molecule has 2 aliphatic heterocycles. The number of rotatable bonds is 3. The van der Waals surface area contributed by atoms with E-state index in [0.717, 1.165) is 31.7 Å². The summed E-state index contributed by atoms with van der Waals surface area (Å²) < 4.78 is 0. The van der Waals surface area contributed by atoms with Crippen LogP contribution in [0.2, 0.25) is 0 Å². The highest BCUT2D eigenvalue weighted by Crippen LogP contribution is 2.40. The minimum Gasteiger partial charge on any atom is -0.317 e. The summed E-state index contributed by atoms with van der Waals surface area (Å²) in [4.78, 5) is 16.0. The average Bonchev–Trinajstić information content (AvgIpc) is 2.51. The Labute approximate surface area is 125 Å². The van der Waals surface area contributed by atoms with Crippen molar-refractivity contribution < 1.29 is 4.79 Å². The Balaban J connectivity index is 1.84. The van der Waals surface area contributed by atoms with Gasteiger partial charge in [0, 0.05) is 11.4 Å². The zero-order chi connectivity index (χ0) is 13.9. The van der Waals surface area contributed by atoms with Gasteiger partial charge in [-0.15, -0.1) is 11.8 Å². The molecule has 0 aromatic heterocycles. The fourth-order valence-electron chi connectivity index (χ4n) is 3.04. The standard InChI is InChI=1S/C16H22N2OS/c1-2-14-16(19)18(11-12-7-9-17-10-8-12)13-5-3-4-6-15(13)20-14/h3-6,12,14,17H,2,7-11H2,1H3. The minimum atomic E-state index is 0.0895. The maximum atomic E-state index is 12.7. The van der Waals surface area contributed by atoms with Gasteiger partial charge in [0.1, 0.15) is 0 Å². The molecule has 0 radical (unpaired) electrons. The molecule has 20 heavy (non-hydrogen) atoms. The normalized spacial score (nSPS) is 23.8. The van der Waals surface area contributed by atoms with Crippen LogP contribution in [0.5, 0.6) is 0 Å². The molecular weight excluding hydrogens is 268 g/mol. The number of hydrogen-bond acceptors (Lipinski definition) is 3. The number of carbonyl (C=O) groups is 1. The van der Waals surface area contributed by atoms with Gasteiger partial charge in [0.05, 0.1) is 10.9 Å². The van der Waals surface area contributed by atoms with Gasteiger partial charge in [-0.2, -0.15) is 0 Å². The van der Waals surface area contributed by atoms with Gasteiger partial charge in [-0.05, 0) is 50.4 Å². The Morgan fingerprint density at radius 3 is 2.80 bits per heavy atom. The van der Waals surface area contributed by atoms with Gasteiger partial charge in [0.15, 0.2) is 0 Å². The molecule has 0 spiro atoms. The van der Waals surface area contributed by atoms with E-state index in [9.17, 15) is 4.79 Å². The third-order valence-electron chi connectivity index (χ3n) is 4.24. The largest absolute Gasteiger partial charge is 0.317 e. The third-order valence-corrected chi connectivity index (χ3v) is 5.66. The summed E-state index contributed by atoms with van der Waals surface area (Å²) in [6, 6.07) is 8.34. The van der Waals surface area contributed by atoms with E-state index in [1.54, 1.807) is 11.8 Å². The molecule has 3 rings (SSSR count). The van der Waals surface area contributed by atoms with Crippen LogP contribution in [0, 0.1) is 5.92 Å². The van der Waals surface area contributed by atoms with Gasteiger partial charge in [0.2, 0.25) is 5.91 Å². The Morgan fingerprint density at radius 1 is 1.30 bits per heavy atom. The molecule has 1 aromatic carbocycles. The number of nitrogens with zero attached hydrogens (tertiary/aromatic N) is 1. The summed E-state index contributed by atoms with van der Waals surface area (Å²) in [5.41, 5.74) is 1.12. The first kappa shape index (κ1) is 14.0. The van der Waals surface area contributed by atoms with Crippen molar-refractivity contribution in [2.24, 2.45) is 5.92 Å². The molecule has 4 heteroatoms. The van der Waals surface area contributed by atoms with Crippen LogP contribution in [0.15, 0.2) is 29.2 Å². The molecule has 2 heterocycles. The summed E-state index contributed by atoms with van der Waals surface area (Å²) in [7, 11) is 0. The smallest absolute Gasteiger partial charge is 0.240 e. The predicted octanol–water partition coefficient (Wildman–Crippen LogP) is 2.90. The molecule has 0 saturated carbocycles. The minimum absolute atomic E-state index is 0.0895. The van der Waals surface area contributed by atoms with Gasteiger partial charge in [0.25, 0.3) is 0 Å². The first-order chi connectivity index (χ1) is 9.79. The maximum absolute atomic E-state index is 12.7. The SMILES string of the molecule is CCC1Sc2ccccc2N(CC2CCNCC2)C1=O. The quantitative estimate of drug-likeness (QED) is 0.929. The molecule has 0 bridgehead atoms. The number of anilines is 1. The van der Waals surface area contributed by atoms with Gasteiger partial charge in [-0.1, -0.05) is 19.1 Å². The number of nitrogens with one attached hydrogen (secondary N) is 1. The fraction of sp³-hybridized carbons (Fsp3) is 0.562. The Morgan fingerprint density at radius 2 is 2.05 bits per heavy atom. The molecule has 1 unspecified atom stereocenters. The number of para-hydroxylation sites is 1. The van der Waals surface area contributed by atoms with Crippen LogP contribution in [0.4, 0.5) is 5.69 Å². The molecule has 2 aliphatic rings. The summed E-state index contributed by atoms with van der Waals surface area (Å²) in [5.74, 6) is 0.934. The van der Waals surface area contributed by atoms with Gasteiger partial charge in [-0.3, -0.25) is 4.79 Å². The number of benzene rings is 1. The Kier molecular flexibility index (Phi) is 4.32. The van der Waals surface area contributed by atoms with E-state index in [-0.39, 0.29) is 5.25 Å². The number of piperidine rings is 1. The molecule has 1 atom stereocenters. The monoisotopic (exact) mass is 290 g/mol. The second-order valence-corrected chi connectivity index (χ2v) is 6.87. The maximum Gasteiger partial charge on any atom is 0.240 e. The van der Waals surface area contributed by atoms with Crippen molar-refractivity contribution >= 4 is 23.4 Å². The molecule has 0 aliphatic carbocycles. The Hall–Kier alpha value is -1.00. The van der Waals surface area contributed by atoms with Gasteiger partial charge >= 0.3 is 0 Å². The molecule has 1 N–H and O–H groups in total. The van der Waals surface area contributed by atoms with Crippen LogP contribution in [-0.2, 0) is 4.79 Å².